The molecule has 4 heterocycles. The molecule has 0 saturated carbocycles. The molecule has 0 aliphatic carbocycles. The lowest BCUT2D eigenvalue weighted by molar-refractivity contribution is 0.271. The Hall–Kier alpha value is -2.66. The molecule has 1 aliphatic heterocycles. The fourth-order valence-corrected chi connectivity index (χ4v) is 5.36. The number of halogens is 1. The Morgan fingerprint density at radius 2 is 1.91 bits per heavy atom. The monoisotopic (exact) mass is 476 g/mol. The number of pyridine rings is 1. The molecule has 33 heavy (non-hydrogen) atoms. The number of sulfonamides is 1. The summed E-state index contributed by atoms with van der Waals surface area (Å²) in [4.78, 5) is 17.8. The zero-order valence-electron chi connectivity index (χ0n) is 19.5. The van der Waals surface area contributed by atoms with Crippen LogP contribution in [0.5, 0.6) is 5.88 Å². The first-order chi connectivity index (χ1) is 15.6. The summed E-state index contributed by atoms with van der Waals surface area (Å²) in [5, 5.41) is 0. The van der Waals surface area contributed by atoms with Crippen molar-refractivity contribution in [3.05, 3.63) is 29.7 Å². The van der Waals surface area contributed by atoms with Crippen molar-refractivity contribution in [3.63, 3.8) is 0 Å². The minimum Gasteiger partial charge on any atom is -0.479 e. The van der Waals surface area contributed by atoms with Gasteiger partial charge < -0.3 is 9.30 Å². The van der Waals surface area contributed by atoms with E-state index in [1.807, 2.05) is 6.92 Å². The Labute approximate surface area is 193 Å². The van der Waals surface area contributed by atoms with E-state index >= 15 is 0 Å². The number of fused-ring (bicyclic) bond motifs is 1. The van der Waals surface area contributed by atoms with E-state index in [0.29, 0.717) is 55.3 Å². The number of rotatable bonds is 6. The molecule has 4 rings (SSSR count). The second-order valence-electron chi connectivity index (χ2n) is 8.80. The Balaban J connectivity index is 1.66. The number of hydrogen-bond acceptors (Lipinski definition) is 7. The highest BCUT2D eigenvalue weighted by Crippen LogP contribution is 2.32. The van der Waals surface area contributed by atoms with Gasteiger partial charge in [0.25, 0.3) is 0 Å². The van der Waals surface area contributed by atoms with Crippen LogP contribution in [-0.4, -0.2) is 63.7 Å². The summed E-state index contributed by atoms with van der Waals surface area (Å²) in [5.41, 5.74) is 1.90. The van der Waals surface area contributed by atoms with Crippen molar-refractivity contribution in [1.82, 2.24) is 28.8 Å². The molecular formula is C22H29FN6O3S. The third-order valence-electron chi connectivity index (χ3n) is 6.08. The maximum absolute atomic E-state index is 14.8. The minimum atomic E-state index is -3.18. The van der Waals surface area contributed by atoms with Crippen LogP contribution in [0.2, 0.25) is 0 Å². The van der Waals surface area contributed by atoms with E-state index in [9.17, 15) is 12.8 Å². The van der Waals surface area contributed by atoms with Crippen LogP contribution in [0.4, 0.5) is 4.39 Å². The van der Waals surface area contributed by atoms with Crippen LogP contribution in [0, 0.1) is 18.7 Å². The SMILES string of the molecule is COc1nc(-c2nc(CC3CCN(S(C)(=O)=O)CC3)ncc2F)cc2c1nc(C)n2C(C)C. The van der Waals surface area contributed by atoms with Gasteiger partial charge in [0.1, 0.15) is 17.3 Å². The highest BCUT2D eigenvalue weighted by Gasteiger charge is 2.26. The van der Waals surface area contributed by atoms with E-state index in [2.05, 4.69) is 38.4 Å². The molecule has 0 bridgehead atoms. The van der Waals surface area contributed by atoms with Gasteiger partial charge in [0.05, 0.1) is 30.8 Å². The lowest BCUT2D eigenvalue weighted by Crippen LogP contribution is -2.38. The molecule has 0 N–H and O–H groups in total. The van der Waals surface area contributed by atoms with E-state index in [4.69, 9.17) is 4.74 Å². The van der Waals surface area contributed by atoms with Gasteiger partial charge in [-0.25, -0.2) is 37.0 Å². The fraction of sp³-hybridized carbons (Fsp3) is 0.545. The normalized spacial score (nSPS) is 16.1. The molecule has 3 aromatic heterocycles. The molecule has 178 valence electrons. The third kappa shape index (κ3) is 4.70. The van der Waals surface area contributed by atoms with Gasteiger partial charge >= 0.3 is 0 Å². The predicted octanol–water partition coefficient (Wildman–Crippen LogP) is 3.14. The van der Waals surface area contributed by atoms with Crippen molar-refractivity contribution in [2.75, 3.05) is 26.5 Å². The number of aryl methyl sites for hydroxylation is 1. The molecule has 0 spiro atoms. The van der Waals surface area contributed by atoms with Crippen molar-refractivity contribution in [1.29, 1.82) is 0 Å². The van der Waals surface area contributed by atoms with Gasteiger partial charge in [0, 0.05) is 25.6 Å². The summed E-state index contributed by atoms with van der Waals surface area (Å²) in [5.74, 6) is 1.32. The largest absolute Gasteiger partial charge is 0.479 e. The van der Waals surface area contributed by atoms with Crippen LogP contribution < -0.4 is 4.74 Å². The van der Waals surface area contributed by atoms with Crippen molar-refractivity contribution in [3.8, 4) is 17.3 Å². The van der Waals surface area contributed by atoms with E-state index in [1.165, 1.54) is 23.9 Å². The smallest absolute Gasteiger partial charge is 0.242 e. The number of methoxy groups -OCH3 is 1. The summed E-state index contributed by atoms with van der Waals surface area (Å²) >= 11 is 0. The molecule has 0 atom stereocenters. The second-order valence-corrected chi connectivity index (χ2v) is 10.8. The number of imidazole rings is 1. The number of hydrogen-bond donors (Lipinski definition) is 0. The van der Waals surface area contributed by atoms with E-state index in [0.717, 1.165) is 11.3 Å². The molecule has 0 unspecified atom stereocenters. The first kappa shape index (κ1) is 23.5. The van der Waals surface area contributed by atoms with Crippen LogP contribution in [0.3, 0.4) is 0 Å². The zero-order chi connectivity index (χ0) is 23.9. The van der Waals surface area contributed by atoms with E-state index < -0.39 is 15.8 Å². The number of piperidine rings is 1. The quantitative estimate of drug-likeness (QED) is 0.538. The second kappa shape index (κ2) is 8.94. The van der Waals surface area contributed by atoms with Gasteiger partial charge in [0.2, 0.25) is 15.9 Å². The zero-order valence-corrected chi connectivity index (χ0v) is 20.4. The molecular weight excluding hydrogens is 447 g/mol. The van der Waals surface area contributed by atoms with Crippen molar-refractivity contribution in [2.45, 2.75) is 46.1 Å². The molecule has 1 aliphatic rings. The van der Waals surface area contributed by atoms with Crippen LogP contribution in [0.25, 0.3) is 22.4 Å². The van der Waals surface area contributed by atoms with Crippen molar-refractivity contribution >= 4 is 21.1 Å². The molecule has 0 radical (unpaired) electrons. The van der Waals surface area contributed by atoms with Gasteiger partial charge in [-0.1, -0.05) is 0 Å². The van der Waals surface area contributed by atoms with Crippen LogP contribution in [-0.2, 0) is 16.4 Å². The first-order valence-electron chi connectivity index (χ1n) is 11.0. The van der Waals surface area contributed by atoms with Crippen molar-refractivity contribution < 1.29 is 17.5 Å². The fourth-order valence-electron chi connectivity index (χ4n) is 4.48. The third-order valence-corrected chi connectivity index (χ3v) is 7.39. The van der Waals surface area contributed by atoms with Crippen LogP contribution in [0.1, 0.15) is 44.4 Å². The van der Waals surface area contributed by atoms with Gasteiger partial charge in [0.15, 0.2) is 11.3 Å². The molecule has 1 fully saturated rings. The Bertz CT molecular complexity index is 1280. The summed E-state index contributed by atoms with van der Waals surface area (Å²) in [6.07, 6.45) is 4.38. The average Bonchev–Trinajstić information content (AvgIpc) is 3.10. The molecule has 9 nitrogen and oxygen atoms in total. The van der Waals surface area contributed by atoms with Gasteiger partial charge in [-0.2, -0.15) is 0 Å². The number of aromatic nitrogens is 5. The maximum atomic E-state index is 14.8. The molecule has 1 saturated heterocycles. The van der Waals surface area contributed by atoms with Gasteiger partial charge in [-0.05, 0) is 45.6 Å². The molecule has 0 aromatic carbocycles. The lowest BCUT2D eigenvalue weighted by Gasteiger charge is -2.29. The topological polar surface area (TPSA) is 103 Å². The molecule has 3 aromatic rings. The Morgan fingerprint density at radius 1 is 1.21 bits per heavy atom. The Kier molecular flexibility index (Phi) is 6.37. The van der Waals surface area contributed by atoms with E-state index in [1.54, 1.807) is 6.07 Å². The van der Waals surface area contributed by atoms with Crippen molar-refractivity contribution in [2.24, 2.45) is 5.92 Å². The summed E-state index contributed by atoms with van der Waals surface area (Å²) in [7, 11) is -1.66. The minimum absolute atomic E-state index is 0.114. The lowest BCUT2D eigenvalue weighted by atomic mass is 9.94. The van der Waals surface area contributed by atoms with Gasteiger partial charge in [-0.15, -0.1) is 0 Å². The van der Waals surface area contributed by atoms with Crippen LogP contribution in [0.15, 0.2) is 12.3 Å². The highest BCUT2D eigenvalue weighted by atomic mass is 32.2. The summed E-state index contributed by atoms with van der Waals surface area (Å²) < 4.78 is 47.3. The molecule has 0 amide bonds. The summed E-state index contributed by atoms with van der Waals surface area (Å²) in [6, 6.07) is 1.94. The summed E-state index contributed by atoms with van der Waals surface area (Å²) in [6.45, 7) is 6.98. The standard InChI is InChI=1S/C22H29FN6O3S/c1-13(2)29-14(3)25-21-18(29)11-17(26-22(21)32-4)20-16(23)12-24-19(27-20)10-15-6-8-28(9-7-15)33(5,30)31/h11-13,15H,6-10H2,1-5H3. The Morgan fingerprint density at radius 3 is 2.52 bits per heavy atom. The first-order valence-corrected chi connectivity index (χ1v) is 12.8. The average molecular weight is 477 g/mol. The maximum Gasteiger partial charge on any atom is 0.242 e. The molecule has 11 heteroatoms. The number of ether oxygens (including phenoxy) is 1. The van der Waals surface area contributed by atoms with Crippen LogP contribution >= 0.6 is 0 Å². The number of nitrogens with zero attached hydrogens (tertiary/aromatic N) is 6. The highest BCUT2D eigenvalue weighted by molar-refractivity contribution is 7.88. The van der Waals surface area contributed by atoms with E-state index in [-0.39, 0.29) is 17.7 Å². The predicted molar refractivity (Wildman–Crippen MR) is 123 cm³/mol. The van der Waals surface area contributed by atoms with Gasteiger partial charge in [-0.3, -0.25) is 0 Å².